The van der Waals surface area contributed by atoms with Gasteiger partial charge in [-0.2, -0.15) is 0 Å². The molecule has 94 valence electrons. The highest BCUT2D eigenvalue weighted by atomic mass is 16.3. The van der Waals surface area contributed by atoms with Crippen LogP contribution in [0.3, 0.4) is 0 Å². The molecule has 1 aliphatic heterocycles. The molecule has 1 atom stereocenters. The third kappa shape index (κ3) is 2.99. The molecule has 0 aliphatic carbocycles. The van der Waals surface area contributed by atoms with Crippen molar-refractivity contribution in [2.45, 2.75) is 19.4 Å². The monoisotopic (exact) mass is 234 g/mol. The summed E-state index contributed by atoms with van der Waals surface area (Å²) in [6.07, 6.45) is 0.845. The third-order valence-electron chi connectivity index (χ3n) is 3.51. The number of nitrogens with zero attached hydrogens (tertiary/aromatic N) is 2. The van der Waals surface area contributed by atoms with Crippen LogP contribution < -0.4 is 4.90 Å². The Morgan fingerprint density at radius 2 is 1.94 bits per heavy atom. The fourth-order valence-corrected chi connectivity index (χ4v) is 2.48. The van der Waals surface area contributed by atoms with E-state index in [0.717, 1.165) is 26.1 Å². The van der Waals surface area contributed by atoms with Gasteiger partial charge < -0.3 is 14.9 Å². The van der Waals surface area contributed by atoms with Crippen LogP contribution in [0.15, 0.2) is 24.3 Å². The summed E-state index contributed by atoms with van der Waals surface area (Å²) in [7, 11) is 2.15. The molecule has 0 spiro atoms. The Balaban J connectivity index is 2.14. The second-order valence-electron chi connectivity index (χ2n) is 4.96. The number of hydrogen-bond acceptors (Lipinski definition) is 3. The molecule has 1 heterocycles. The molecular formula is C14H22N2O. The highest BCUT2D eigenvalue weighted by Gasteiger charge is 2.24. The normalized spacial score (nSPS) is 21.8. The van der Waals surface area contributed by atoms with Crippen molar-refractivity contribution in [3.8, 4) is 0 Å². The lowest BCUT2D eigenvalue weighted by Crippen LogP contribution is -2.52. The number of anilines is 1. The van der Waals surface area contributed by atoms with Crippen molar-refractivity contribution in [1.29, 1.82) is 0 Å². The van der Waals surface area contributed by atoms with E-state index in [9.17, 15) is 0 Å². The van der Waals surface area contributed by atoms with Crippen molar-refractivity contribution >= 4 is 5.69 Å². The van der Waals surface area contributed by atoms with Crippen LogP contribution in [0.4, 0.5) is 5.69 Å². The number of aryl methyl sites for hydroxylation is 1. The maximum atomic E-state index is 9.17. The van der Waals surface area contributed by atoms with Gasteiger partial charge in [0.05, 0.1) is 0 Å². The van der Waals surface area contributed by atoms with E-state index in [1.807, 2.05) is 0 Å². The Bertz CT molecular complexity index is 350. The van der Waals surface area contributed by atoms with Gasteiger partial charge in [0.2, 0.25) is 0 Å². The van der Waals surface area contributed by atoms with Gasteiger partial charge in [0, 0.05) is 38.0 Å². The second kappa shape index (κ2) is 5.52. The molecule has 1 aromatic rings. The zero-order chi connectivity index (χ0) is 12.3. The lowest BCUT2D eigenvalue weighted by molar-refractivity contribution is 0.219. The first-order valence-corrected chi connectivity index (χ1v) is 6.33. The van der Waals surface area contributed by atoms with Crippen LogP contribution >= 0.6 is 0 Å². The second-order valence-corrected chi connectivity index (χ2v) is 4.96. The number of aliphatic hydroxyl groups excluding tert-OH is 1. The van der Waals surface area contributed by atoms with Gasteiger partial charge in [-0.15, -0.1) is 0 Å². The maximum Gasteiger partial charge on any atom is 0.0451 e. The molecule has 3 nitrogen and oxygen atoms in total. The maximum absolute atomic E-state index is 9.17. The molecule has 1 N–H and O–H groups in total. The van der Waals surface area contributed by atoms with Gasteiger partial charge in [-0.3, -0.25) is 0 Å². The molecule has 0 bridgehead atoms. The summed E-state index contributed by atoms with van der Waals surface area (Å²) in [4.78, 5) is 4.76. The Hall–Kier alpha value is -1.06. The third-order valence-corrected chi connectivity index (χ3v) is 3.51. The van der Waals surface area contributed by atoms with Crippen molar-refractivity contribution in [3.63, 3.8) is 0 Å². The summed E-state index contributed by atoms with van der Waals surface area (Å²) in [6, 6.07) is 9.12. The number of benzene rings is 1. The van der Waals surface area contributed by atoms with Gasteiger partial charge in [-0.1, -0.05) is 17.7 Å². The molecular weight excluding hydrogens is 212 g/mol. The standard InChI is InChI=1S/C14H22N2O/c1-12-3-5-13(6-4-12)16-9-8-15(2)11-14(16)7-10-17/h3-6,14,17H,7-11H2,1-2H3. The Labute approximate surface area is 104 Å². The quantitative estimate of drug-likeness (QED) is 0.858. The van der Waals surface area contributed by atoms with Crippen LogP contribution in [0.2, 0.25) is 0 Å². The minimum Gasteiger partial charge on any atom is -0.396 e. The smallest absolute Gasteiger partial charge is 0.0451 e. The van der Waals surface area contributed by atoms with Crippen molar-refractivity contribution < 1.29 is 5.11 Å². The van der Waals surface area contributed by atoms with Crippen LogP contribution in [-0.2, 0) is 0 Å². The molecule has 1 saturated heterocycles. The fraction of sp³-hybridized carbons (Fsp3) is 0.571. The minimum atomic E-state index is 0.265. The first-order valence-electron chi connectivity index (χ1n) is 6.33. The van der Waals surface area contributed by atoms with E-state index in [4.69, 9.17) is 5.11 Å². The van der Waals surface area contributed by atoms with E-state index < -0.39 is 0 Å². The first-order chi connectivity index (χ1) is 8.20. The first kappa shape index (κ1) is 12.4. The molecule has 1 aliphatic rings. The van der Waals surface area contributed by atoms with E-state index in [2.05, 4.69) is 48.0 Å². The molecule has 1 unspecified atom stereocenters. The number of likely N-dealkylation sites (N-methyl/N-ethyl adjacent to an activating group) is 1. The van der Waals surface area contributed by atoms with Crippen molar-refractivity contribution in [2.24, 2.45) is 0 Å². The van der Waals surface area contributed by atoms with E-state index in [-0.39, 0.29) is 6.61 Å². The van der Waals surface area contributed by atoms with Crippen molar-refractivity contribution in [1.82, 2.24) is 4.90 Å². The highest BCUT2D eigenvalue weighted by molar-refractivity contribution is 5.49. The van der Waals surface area contributed by atoms with Crippen molar-refractivity contribution in [2.75, 3.05) is 38.2 Å². The van der Waals surface area contributed by atoms with Crippen LogP contribution in [0, 0.1) is 6.92 Å². The topological polar surface area (TPSA) is 26.7 Å². The summed E-state index contributed by atoms with van der Waals surface area (Å²) >= 11 is 0. The summed E-state index contributed by atoms with van der Waals surface area (Å²) in [6.45, 7) is 5.55. The van der Waals surface area contributed by atoms with E-state index in [0.29, 0.717) is 6.04 Å². The van der Waals surface area contributed by atoms with Crippen LogP contribution in [-0.4, -0.2) is 49.3 Å². The lowest BCUT2D eigenvalue weighted by atomic mass is 10.1. The predicted molar refractivity (Wildman–Crippen MR) is 71.5 cm³/mol. The molecule has 3 heteroatoms. The molecule has 2 rings (SSSR count). The van der Waals surface area contributed by atoms with Gasteiger partial charge in [-0.05, 0) is 32.5 Å². The van der Waals surface area contributed by atoms with Gasteiger partial charge in [0.1, 0.15) is 0 Å². The zero-order valence-corrected chi connectivity index (χ0v) is 10.8. The van der Waals surface area contributed by atoms with Crippen LogP contribution in [0.25, 0.3) is 0 Å². The average Bonchev–Trinajstić information content (AvgIpc) is 2.31. The summed E-state index contributed by atoms with van der Waals surface area (Å²) in [5, 5.41) is 9.17. The largest absolute Gasteiger partial charge is 0.396 e. The summed E-state index contributed by atoms with van der Waals surface area (Å²) < 4.78 is 0. The van der Waals surface area contributed by atoms with E-state index in [1.165, 1.54) is 11.3 Å². The minimum absolute atomic E-state index is 0.265. The average molecular weight is 234 g/mol. The Morgan fingerprint density at radius 1 is 1.24 bits per heavy atom. The highest BCUT2D eigenvalue weighted by Crippen LogP contribution is 2.22. The Kier molecular flexibility index (Phi) is 4.02. The zero-order valence-electron chi connectivity index (χ0n) is 10.8. The van der Waals surface area contributed by atoms with Gasteiger partial charge in [0.15, 0.2) is 0 Å². The van der Waals surface area contributed by atoms with Gasteiger partial charge in [0.25, 0.3) is 0 Å². The van der Waals surface area contributed by atoms with E-state index >= 15 is 0 Å². The molecule has 0 saturated carbocycles. The van der Waals surface area contributed by atoms with Crippen molar-refractivity contribution in [3.05, 3.63) is 29.8 Å². The number of aliphatic hydroxyl groups is 1. The molecule has 0 aromatic heterocycles. The molecule has 1 fully saturated rings. The number of hydrogen-bond donors (Lipinski definition) is 1. The summed E-state index contributed by atoms with van der Waals surface area (Å²) in [5.41, 5.74) is 2.57. The van der Waals surface area contributed by atoms with Gasteiger partial charge in [-0.25, -0.2) is 0 Å². The molecule has 0 amide bonds. The predicted octanol–water partition coefficient (Wildman–Crippen LogP) is 1.50. The Morgan fingerprint density at radius 3 is 2.59 bits per heavy atom. The number of piperazine rings is 1. The molecule has 1 aromatic carbocycles. The van der Waals surface area contributed by atoms with E-state index in [1.54, 1.807) is 0 Å². The fourth-order valence-electron chi connectivity index (χ4n) is 2.48. The SMILES string of the molecule is Cc1ccc(N2CCN(C)CC2CCO)cc1. The van der Waals surface area contributed by atoms with Crippen LogP contribution in [0.1, 0.15) is 12.0 Å². The van der Waals surface area contributed by atoms with Gasteiger partial charge >= 0.3 is 0 Å². The lowest BCUT2D eigenvalue weighted by Gasteiger charge is -2.41. The molecule has 17 heavy (non-hydrogen) atoms. The molecule has 0 radical (unpaired) electrons. The number of rotatable bonds is 3. The summed E-state index contributed by atoms with van der Waals surface area (Å²) in [5.74, 6) is 0. The van der Waals surface area contributed by atoms with Crippen LogP contribution in [0.5, 0.6) is 0 Å².